The molecule has 1 aliphatic rings. The second-order valence-electron chi connectivity index (χ2n) is 6.27. The fraction of sp³-hybridized carbons (Fsp3) is 0.421. The van der Waals surface area contributed by atoms with Crippen molar-refractivity contribution in [3.63, 3.8) is 0 Å². The Morgan fingerprint density at radius 1 is 1.15 bits per heavy atom. The van der Waals surface area contributed by atoms with Gasteiger partial charge in [0, 0.05) is 43.6 Å². The van der Waals surface area contributed by atoms with E-state index in [0.717, 1.165) is 30.2 Å². The molecule has 2 aromatic rings. The van der Waals surface area contributed by atoms with Gasteiger partial charge >= 0.3 is 0 Å². The number of rotatable bonds is 5. The molecule has 3 rings (SSSR count). The summed E-state index contributed by atoms with van der Waals surface area (Å²) in [5.74, 6) is 0.781. The van der Waals surface area contributed by atoms with Gasteiger partial charge in [-0.3, -0.25) is 14.2 Å². The van der Waals surface area contributed by atoms with E-state index >= 15 is 0 Å². The minimum atomic E-state index is -0.179. The molecule has 0 atom stereocenters. The van der Waals surface area contributed by atoms with E-state index in [2.05, 4.69) is 9.88 Å². The molecule has 1 saturated heterocycles. The smallest absolute Gasteiger partial charge is 0.253 e. The summed E-state index contributed by atoms with van der Waals surface area (Å²) in [6, 6.07) is 9.42. The van der Waals surface area contributed by atoms with Gasteiger partial charge in [-0.05, 0) is 30.7 Å². The molecular weight excluding hydrogens is 332 g/mol. The lowest BCUT2D eigenvalue weighted by Crippen LogP contribution is -2.50. The van der Waals surface area contributed by atoms with Gasteiger partial charge in [-0.25, -0.2) is 4.98 Å². The van der Waals surface area contributed by atoms with Crippen molar-refractivity contribution in [1.82, 2.24) is 14.5 Å². The molecule has 26 heavy (non-hydrogen) atoms. The average molecular weight is 356 g/mol. The van der Waals surface area contributed by atoms with Gasteiger partial charge in [0.1, 0.15) is 12.3 Å². The molecule has 7 heteroatoms. The van der Waals surface area contributed by atoms with Crippen LogP contribution in [0.1, 0.15) is 12.6 Å². The molecule has 0 bridgehead atoms. The standard InChI is InChI=1S/C19H24N4O3/c1-3-15-12-18(24)23(14-20-15)13-19(25)22-10-8-21(9-11-22)16-4-6-17(26-2)7-5-16/h4-7,12,14H,3,8-11,13H2,1-2H3. The van der Waals surface area contributed by atoms with Crippen LogP contribution in [-0.2, 0) is 17.8 Å². The predicted octanol–water partition coefficient (Wildman–Crippen LogP) is 1.16. The summed E-state index contributed by atoms with van der Waals surface area (Å²) in [7, 11) is 1.65. The molecule has 1 aromatic heterocycles. The Hall–Kier alpha value is -2.83. The molecule has 1 fully saturated rings. The highest BCUT2D eigenvalue weighted by molar-refractivity contribution is 5.76. The lowest BCUT2D eigenvalue weighted by atomic mass is 10.2. The van der Waals surface area contributed by atoms with Crippen molar-refractivity contribution in [2.24, 2.45) is 0 Å². The van der Waals surface area contributed by atoms with E-state index in [4.69, 9.17) is 4.74 Å². The minimum absolute atomic E-state index is 0.0400. The maximum absolute atomic E-state index is 12.5. The number of nitrogens with zero attached hydrogens (tertiary/aromatic N) is 4. The number of piperazine rings is 1. The van der Waals surface area contributed by atoms with Crippen LogP contribution in [0.3, 0.4) is 0 Å². The van der Waals surface area contributed by atoms with Crippen LogP contribution in [0.25, 0.3) is 0 Å². The fourth-order valence-electron chi connectivity index (χ4n) is 3.03. The summed E-state index contributed by atoms with van der Waals surface area (Å²) in [5.41, 5.74) is 1.68. The van der Waals surface area contributed by atoms with Gasteiger partial charge in [0.15, 0.2) is 0 Å². The SMILES string of the molecule is CCc1cc(=O)n(CC(=O)N2CCN(c3ccc(OC)cc3)CC2)cn1. The summed E-state index contributed by atoms with van der Waals surface area (Å²) in [6.07, 6.45) is 2.17. The number of hydrogen-bond acceptors (Lipinski definition) is 5. The summed E-state index contributed by atoms with van der Waals surface area (Å²) >= 11 is 0. The van der Waals surface area contributed by atoms with Crippen molar-refractivity contribution in [3.8, 4) is 5.75 Å². The highest BCUT2D eigenvalue weighted by atomic mass is 16.5. The van der Waals surface area contributed by atoms with E-state index in [-0.39, 0.29) is 18.0 Å². The van der Waals surface area contributed by atoms with Crippen LogP contribution >= 0.6 is 0 Å². The van der Waals surface area contributed by atoms with Crippen molar-refractivity contribution in [2.45, 2.75) is 19.9 Å². The molecule has 1 amide bonds. The summed E-state index contributed by atoms with van der Waals surface area (Å²) in [5, 5.41) is 0. The first-order chi connectivity index (χ1) is 12.6. The topological polar surface area (TPSA) is 67.7 Å². The van der Waals surface area contributed by atoms with Crippen molar-refractivity contribution in [2.75, 3.05) is 38.2 Å². The Labute approximate surface area is 152 Å². The lowest BCUT2D eigenvalue weighted by molar-refractivity contribution is -0.132. The molecule has 138 valence electrons. The molecule has 0 unspecified atom stereocenters. The lowest BCUT2D eigenvalue weighted by Gasteiger charge is -2.36. The zero-order valence-corrected chi connectivity index (χ0v) is 15.2. The van der Waals surface area contributed by atoms with E-state index < -0.39 is 0 Å². The number of anilines is 1. The summed E-state index contributed by atoms with van der Waals surface area (Å²) in [4.78, 5) is 32.8. The molecule has 1 aromatic carbocycles. The van der Waals surface area contributed by atoms with E-state index in [9.17, 15) is 9.59 Å². The number of carbonyl (C=O) groups is 1. The van der Waals surface area contributed by atoms with Crippen molar-refractivity contribution in [1.29, 1.82) is 0 Å². The molecular formula is C19H24N4O3. The van der Waals surface area contributed by atoms with Crippen LogP contribution in [0, 0.1) is 0 Å². The molecule has 0 aliphatic carbocycles. The van der Waals surface area contributed by atoms with Gasteiger partial charge in [-0.15, -0.1) is 0 Å². The van der Waals surface area contributed by atoms with E-state index in [1.165, 1.54) is 17.0 Å². The van der Waals surface area contributed by atoms with Gasteiger partial charge in [0.25, 0.3) is 5.56 Å². The Morgan fingerprint density at radius 2 is 1.85 bits per heavy atom. The second kappa shape index (κ2) is 8.03. The third-order valence-electron chi connectivity index (χ3n) is 4.67. The number of aromatic nitrogens is 2. The maximum Gasteiger partial charge on any atom is 0.253 e. The molecule has 2 heterocycles. The number of benzene rings is 1. The van der Waals surface area contributed by atoms with Crippen LogP contribution in [0.4, 0.5) is 5.69 Å². The van der Waals surface area contributed by atoms with Crippen molar-refractivity contribution in [3.05, 3.63) is 52.7 Å². The first-order valence-electron chi connectivity index (χ1n) is 8.83. The number of aryl methyl sites for hydroxylation is 1. The number of methoxy groups -OCH3 is 1. The molecule has 0 radical (unpaired) electrons. The number of ether oxygens (including phenoxy) is 1. The number of hydrogen-bond donors (Lipinski definition) is 0. The highest BCUT2D eigenvalue weighted by Crippen LogP contribution is 2.20. The number of amides is 1. The molecule has 0 N–H and O–H groups in total. The maximum atomic E-state index is 12.5. The average Bonchev–Trinajstić information content (AvgIpc) is 2.69. The van der Waals surface area contributed by atoms with Gasteiger partial charge in [-0.1, -0.05) is 6.92 Å². The number of carbonyl (C=O) groups excluding carboxylic acids is 1. The van der Waals surface area contributed by atoms with Crippen LogP contribution in [0.5, 0.6) is 5.75 Å². The Balaban J connectivity index is 1.57. The third-order valence-corrected chi connectivity index (χ3v) is 4.67. The minimum Gasteiger partial charge on any atom is -0.497 e. The monoisotopic (exact) mass is 356 g/mol. The van der Waals surface area contributed by atoms with Gasteiger partial charge in [0.05, 0.1) is 13.4 Å². The van der Waals surface area contributed by atoms with Crippen LogP contribution in [-0.4, -0.2) is 53.6 Å². The predicted molar refractivity (Wildman–Crippen MR) is 99.7 cm³/mol. The van der Waals surface area contributed by atoms with Gasteiger partial charge < -0.3 is 14.5 Å². The largest absolute Gasteiger partial charge is 0.497 e. The molecule has 7 nitrogen and oxygen atoms in total. The first-order valence-corrected chi connectivity index (χ1v) is 8.83. The molecule has 0 saturated carbocycles. The summed E-state index contributed by atoms with van der Waals surface area (Å²) in [6.45, 7) is 4.79. The highest BCUT2D eigenvalue weighted by Gasteiger charge is 2.21. The second-order valence-corrected chi connectivity index (χ2v) is 6.27. The zero-order valence-electron chi connectivity index (χ0n) is 15.2. The zero-order chi connectivity index (χ0) is 18.5. The normalized spacial score (nSPS) is 14.4. The van der Waals surface area contributed by atoms with Crippen molar-refractivity contribution < 1.29 is 9.53 Å². The van der Waals surface area contributed by atoms with Crippen LogP contribution < -0.4 is 15.2 Å². The third kappa shape index (κ3) is 4.04. The van der Waals surface area contributed by atoms with Crippen LogP contribution in [0.15, 0.2) is 41.5 Å². The molecule has 0 spiro atoms. The van der Waals surface area contributed by atoms with Crippen molar-refractivity contribution >= 4 is 11.6 Å². The Bertz CT molecular complexity index is 808. The molecule has 1 aliphatic heterocycles. The van der Waals surface area contributed by atoms with E-state index in [1.54, 1.807) is 12.0 Å². The Morgan fingerprint density at radius 3 is 2.42 bits per heavy atom. The van der Waals surface area contributed by atoms with Gasteiger partial charge in [-0.2, -0.15) is 0 Å². The Kier molecular flexibility index (Phi) is 5.55. The quantitative estimate of drug-likeness (QED) is 0.804. The first kappa shape index (κ1) is 18.0. The van der Waals surface area contributed by atoms with E-state index in [1.807, 2.05) is 31.2 Å². The van der Waals surface area contributed by atoms with E-state index in [0.29, 0.717) is 19.5 Å². The van der Waals surface area contributed by atoms with Crippen LogP contribution in [0.2, 0.25) is 0 Å². The summed E-state index contributed by atoms with van der Waals surface area (Å²) < 4.78 is 6.55. The van der Waals surface area contributed by atoms with Gasteiger partial charge in [0.2, 0.25) is 5.91 Å². The fourth-order valence-corrected chi connectivity index (χ4v) is 3.03.